The molecule has 1 unspecified atom stereocenters. The summed E-state index contributed by atoms with van der Waals surface area (Å²) in [6.45, 7) is 1.71. The average Bonchev–Trinajstić information content (AvgIpc) is 2.48. The zero-order valence-electron chi connectivity index (χ0n) is 12.1. The van der Waals surface area contributed by atoms with E-state index in [9.17, 15) is 4.79 Å². The van der Waals surface area contributed by atoms with Crippen LogP contribution < -0.4 is 5.32 Å². The molecule has 0 bridgehead atoms. The van der Waals surface area contributed by atoms with Gasteiger partial charge in [0.15, 0.2) is 0 Å². The number of likely N-dealkylation sites (N-methyl/N-ethyl adjacent to an activating group) is 1. The first-order valence-electron chi connectivity index (χ1n) is 6.99. The number of aryl methyl sites for hydroxylation is 1. The van der Waals surface area contributed by atoms with Crippen LogP contribution in [0, 0.1) is 0 Å². The van der Waals surface area contributed by atoms with Crippen molar-refractivity contribution in [3.8, 4) is 0 Å². The Labute approximate surface area is 146 Å². The highest BCUT2D eigenvalue weighted by atomic mass is 79.9. The Morgan fingerprint density at radius 3 is 3.00 bits per heavy atom. The fourth-order valence-electron chi connectivity index (χ4n) is 2.57. The molecule has 0 saturated carbocycles. The van der Waals surface area contributed by atoms with Crippen molar-refractivity contribution in [3.05, 3.63) is 33.3 Å². The van der Waals surface area contributed by atoms with Gasteiger partial charge in [-0.05, 0) is 50.1 Å². The Hall–Kier alpha value is -0.290. The highest BCUT2D eigenvalue weighted by molar-refractivity contribution is 9.10. The molecule has 0 radical (unpaired) electrons. The number of rotatable bonds is 4. The molecule has 1 N–H and O–H groups in total. The van der Waals surface area contributed by atoms with Gasteiger partial charge in [0.1, 0.15) is 0 Å². The van der Waals surface area contributed by atoms with Gasteiger partial charge in [0, 0.05) is 35.0 Å². The monoisotopic (exact) mass is 394 g/mol. The number of halogens is 3. The van der Waals surface area contributed by atoms with Crippen LogP contribution in [0.1, 0.15) is 24.8 Å². The van der Waals surface area contributed by atoms with Gasteiger partial charge in [-0.1, -0.05) is 27.5 Å². The van der Waals surface area contributed by atoms with Gasteiger partial charge in [-0.2, -0.15) is 0 Å². The molecule has 0 spiro atoms. The van der Waals surface area contributed by atoms with Crippen molar-refractivity contribution in [2.75, 3.05) is 20.1 Å². The van der Waals surface area contributed by atoms with Crippen molar-refractivity contribution in [2.24, 2.45) is 0 Å². The summed E-state index contributed by atoms with van der Waals surface area (Å²) in [5, 5.41) is 3.97. The Kier molecular flexibility index (Phi) is 8.03. The molecule has 1 aromatic rings. The summed E-state index contributed by atoms with van der Waals surface area (Å²) in [6.07, 6.45) is 3.49. The van der Waals surface area contributed by atoms with Crippen molar-refractivity contribution in [3.63, 3.8) is 0 Å². The van der Waals surface area contributed by atoms with Crippen LogP contribution in [0.25, 0.3) is 0 Å². The number of benzene rings is 1. The minimum atomic E-state index is 0. The summed E-state index contributed by atoms with van der Waals surface area (Å²) in [6, 6.07) is 6.13. The van der Waals surface area contributed by atoms with E-state index in [-0.39, 0.29) is 18.3 Å². The topological polar surface area (TPSA) is 32.3 Å². The van der Waals surface area contributed by atoms with E-state index in [4.69, 9.17) is 11.6 Å². The highest BCUT2D eigenvalue weighted by Crippen LogP contribution is 2.23. The molecule has 6 heteroatoms. The third-order valence-electron chi connectivity index (χ3n) is 3.80. The van der Waals surface area contributed by atoms with Crippen LogP contribution >= 0.6 is 39.9 Å². The molecule has 1 saturated heterocycles. The summed E-state index contributed by atoms with van der Waals surface area (Å²) >= 11 is 9.50. The molecule has 0 aliphatic carbocycles. The summed E-state index contributed by atoms with van der Waals surface area (Å²) in [4.78, 5) is 14.3. The van der Waals surface area contributed by atoms with Gasteiger partial charge < -0.3 is 10.2 Å². The number of amides is 1. The molecular formula is C15H21BrCl2N2O. The standard InChI is InChI=1S/C15H20BrClN2O.ClH/c1-18-13-3-2-8-19(10-13)15(20)7-4-11-9-12(17)5-6-14(11)16;/h5-6,9,13,18H,2-4,7-8,10H2,1H3;1H. The molecule has 118 valence electrons. The van der Waals surface area contributed by atoms with Crippen LogP contribution in [0.4, 0.5) is 0 Å². The third kappa shape index (κ3) is 5.44. The Morgan fingerprint density at radius 2 is 2.29 bits per heavy atom. The average molecular weight is 396 g/mol. The first-order chi connectivity index (χ1) is 9.60. The van der Waals surface area contributed by atoms with Crippen molar-refractivity contribution in [1.29, 1.82) is 0 Å². The first kappa shape index (κ1) is 18.8. The van der Waals surface area contributed by atoms with Gasteiger partial charge in [0.05, 0.1) is 0 Å². The predicted octanol–water partition coefficient (Wildman–Crippen LogP) is 3.67. The lowest BCUT2D eigenvalue weighted by Crippen LogP contribution is -2.47. The van der Waals surface area contributed by atoms with E-state index in [0.717, 1.165) is 42.4 Å². The Bertz CT molecular complexity index is 485. The Morgan fingerprint density at radius 1 is 1.52 bits per heavy atom. The SMILES string of the molecule is CNC1CCCN(C(=O)CCc2cc(Cl)ccc2Br)C1.Cl. The largest absolute Gasteiger partial charge is 0.341 e. The van der Waals surface area contributed by atoms with Gasteiger partial charge >= 0.3 is 0 Å². The minimum Gasteiger partial charge on any atom is -0.341 e. The minimum absolute atomic E-state index is 0. The summed E-state index contributed by atoms with van der Waals surface area (Å²) in [7, 11) is 1.96. The second-order valence-corrected chi connectivity index (χ2v) is 6.49. The van der Waals surface area contributed by atoms with Gasteiger partial charge in [0.2, 0.25) is 5.91 Å². The first-order valence-corrected chi connectivity index (χ1v) is 8.16. The van der Waals surface area contributed by atoms with Crippen molar-refractivity contribution in [1.82, 2.24) is 10.2 Å². The van der Waals surface area contributed by atoms with E-state index in [2.05, 4.69) is 21.2 Å². The van der Waals surface area contributed by atoms with Crippen molar-refractivity contribution >= 4 is 45.8 Å². The lowest BCUT2D eigenvalue weighted by Gasteiger charge is -2.32. The van der Waals surface area contributed by atoms with Gasteiger partial charge in [0.25, 0.3) is 0 Å². The predicted molar refractivity (Wildman–Crippen MR) is 93.4 cm³/mol. The molecule has 3 nitrogen and oxygen atoms in total. The smallest absolute Gasteiger partial charge is 0.222 e. The molecule has 1 heterocycles. The molecule has 1 amide bonds. The maximum absolute atomic E-state index is 12.3. The van der Waals surface area contributed by atoms with Gasteiger partial charge in [-0.3, -0.25) is 4.79 Å². The Balaban J connectivity index is 0.00000220. The fourth-order valence-corrected chi connectivity index (χ4v) is 3.21. The van der Waals surface area contributed by atoms with E-state index >= 15 is 0 Å². The molecule has 1 aliphatic rings. The quantitative estimate of drug-likeness (QED) is 0.843. The van der Waals surface area contributed by atoms with Crippen LogP contribution in [-0.2, 0) is 11.2 Å². The maximum Gasteiger partial charge on any atom is 0.222 e. The van der Waals surface area contributed by atoms with Crippen LogP contribution in [0.5, 0.6) is 0 Å². The number of nitrogens with one attached hydrogen (secondary N) is 1. The van der Waals surface area contributed by atoms with Crippen LogP contribution in [-0.4, -0.2) is 37.0 Å². The molecule has 0 aromatic heterocycles. The zero-order valence-corrected chi connectivity index (χ0v) is 15.2. The summed E-state index contributed by atoms with van der Waals surface area (Å²) in [5.41, 5.74) is 1.09. The number of carbonyl (C=O) groups is 1. The number of carbonyl (C=O) groups excluding carboxylic acids is 1. The number of nitrogens with zero attached hydrogens (tertiary/aromatic N) is 1. The van der Waals surface area contributed by atoms with E-state index < -0.39 is 0 Å². The van der Waals surface area contributed by atoms with Crippen LogP contribution in [0.2, 0.25) is 5.02 Å². The summed E-state index contributed by atoms with van der Waals surface area (Å²) in [5.74, 6) is 0.233. The van der Waals surface area contributed by atoms with Crippen LogP contribution in [0.3, 0.4) is 0 Å². The van der Waals surface area contributed by atoms with Crippen molar-refractivity contribution < 1.29 is 4.79 Å². The van der Waals surface area contributed by atoms with E-state index in [1.54, 1.807) is 0 Å². The zero-order chi connectivity index (χ0) is 14.5. The second kappa shape index (κ2) is 8.99. The van der Waals surface area contributed by atoms with Crippen molar-refractivity contribution in [2.45, 2.75) is 31.7 Å². The lowest BCUT2D eigenvalue weighted by atomic mass is 10.0. The van der Waals surface area contributed by atoms with Gasteiger partial charge in [-0.15, -0.1) is 12.4 Å². The molecule has 1 aliphatic heterocycles. The third-order valence-corrected chi connectivity index (χ3v) is 4.81. The molecule has 2 rings (SSSR count). The molecule has 1 aromatic carbocycles. The molecule has 1 atom stereocenters. The number of likely N-dealkylation sites (tertiary alicyclic amines) is 1. The normalized spacial score (nSPS) is 18.2. The lowest BCUT2D eigenvalue weighted by molar-refractivity contribution is -0.132. The maximum atomic E-state index is 12.3. The molecule has 1 fully saturated rings. The number of hydrogen-bond donors (Lipinski definition) is 1. The molecule has 21 heavy (non-hydrogen) atoms. The summed E-state index contributed by atoms with van der Waals surface area (Å²) < 4.78 is 1.02. The highest BCUT2D eigenvalue weighted by Gasteiger charge is 2.22. The van der Waals surface area contributed by atoms with Gasteiger partial charge in [-0.25, -0.2) is 0 Å². The molecular weight excluding hydrogens is 375 g/mol. The van der Waals surface area contributed by atoms with E-state index in [1.807, 2.05) is 30.1 Å². The number of hydrogen-bond acceptors (Lipinski definition) is 2. The number of piperidine rings is 1. The fraction of sp³-hybridized carbons (Fsp3) is 0.533. The van der Waals surface area contributed by atoms with Crippen LogP contribution in [0.15, 0.2) is 22.7 Å². The van der Waals surface area contributed by atoms with E-state index in [0.29, 0.717) is 17.5 Å². The second-order valence-electron chi connectivity index (χ2n) is 5.20. The van der Waals surface area contributed by atoms with E-state index in [1.165, 1.54) is 0 Å².